The summed E-state index contributed by atoms with van der Waals surface area (Å²) in [6.45, 7) is 11.3. The average molecular weight is 517 g/mol. The van der Waals surface area contributed by atoms with Gasteiger partial charge >= 0.3 is 0 Å². The molecule has 9 heteroatoms. The third kappa shape index (κ3) is 8.10. The third-order valence-corrected chi connectivity index (χ3v) is 7.39. The first-order valence-electron chi connectivity index (χ1n) is 9.10. The molecule has 1 aromatic rings. The summed E-state index contributed by atoms with van der Waals surface area (Å²) in [5.74, 6) is 0.823. The second-order valence-corrected chi connectivity index (χ2v) is 8.93. The number of nitrogens with zero attached hydrogens (tertiary/aromatic N) is 2. The highest BCUT2D eigenvalue weighted by atomic mass is 127. The molecule has 0 fully saturated rings. The highest BCUT2D eigenvalue weighted by molar-refractivity contribution is 14.0. The number of hydrogen-bond donors (Lipinski definition) is 2. The van der Waals surface area contributed by atoms with Crippen molar-refractivity contribution >= 4 is 51.3 Å². The highest BCUT2D eigenvalue weighted by Crippen LogP contribution is 2.25. The molecule has 0 aliphatic rings. The van der Waals surface area contributed by atoms with Gasteiger partial charge in [-0.3, -0.25) is 4.99 Å². The first kappa shape index (κ1) is 25.6. The molecule has 0 spiro atoms. The normalized spacial score (nSPS) is 12.1. The largest absolute Gasteiger partial charge is 0.357 e. The minimum absolute atomic E-state index is 0. The van der Waals surface area contributed by atoms with E-state index in [0.717, 1.165) is 49.7 Å². The van der Waals surface area contributed by atoms with Gasteiger partial charge in [0.25, 0.3) is 10.0 Å². The number of nitrogens with one attached hydrogen (secondary N) is 2. The van der Waals surface area contributed by atoms with Gasteiger partial charge in [-0.25, -0.2) is 8.42 Å². The molecule has 1 rings (SSSR count). The molecular formula is C17H33IN4O2S2. The molecule has 1 aromatic heterocycles. The van der Waals surface area contributed by atoms with E-state index in [4.69, 9.17) is 0 Å². The molecule has 0 aliphatic carbocycles. The fraction of sp³-hybridized carbons (Fsp3) is 0.706. The molecule has 0 aliphatic heterocycles. The van der Waals surface area contributed by atoms with Crippen molar-refractivity contribution < 1.29 is 8.42 Å². The fourth-order valence-electron chi connectivity index (χ4n) is 2.32. The predicted octanol–water partition coefficient (Wildman–Crippen LogP) is 3.29. The molecule has 0 amide bonds. The molecular weight excluding hydrogens is 483 g/mol. The summed E-state index contributed by atoms with van der Waals surface area (Å²) in [6.07, 6.45) is 2.98. The lowest BCUT2D eigenvalue weighted by atomic mass is 10.3. The fourth-order valence-corrected chi connectivity index (χ4v) is 5.28. The van der Waals surface area contributed by atoms with Gasteiger partial charge in [0.05, 0.1) is 0 Å². The summed E-state index contributed by atoms with van der Waals surface area (Å²) >= 11 is 1.36. The zero-order valence-corrected chi connectivity index (χ0v) is 20.2. The van der Waals surface area contributed by atoms with Gasteiger partial charge in [-0.15, -0.1) is 35.3 Å². The van der Waals surface area contributed by atoms with Crippen LogP contribution in [0.1, 0.15) is 45.4 Å². The molecule has 0 saturated heterocycles. The molecule has 0 atom stereocenters. The number of halogens is 1. The van der Waals surface area contributed by atoms with Crippen LogP contribution in [0.2, 0.25) is 0 Å². The Hall–Kier alpha value is -0.390. The Labute approximate surface area is 179 Å². The van der Waals surface area contributed by atoms with Crippen LogP contribution in [0.15, 0.2) is 21.3 Å². The second-order valence-electron chi connectivity index (χ2n) is 5.60. The van der Waals surface area contributed by atoms with Gasteiger partial charge in [-0.05, 0) is 31.9 Å². The van der Waals surface area contributed by atoms with Gasteiger partial charge in [0.15, 0.2) is 5.96 Å². The molecule has 1 heterocycles. The van der Waals surface area contributed by atoms with Crippen LogP contribution in [0, 0.1) is 0 Å². The summed E-state index contributed by atoms with van der Waals surface area (Å²) in [6, 6.07) is 3.62. The van der Waals surface area contributed by atoms with E-state index in [1.165, 1.54) is 15.6 Å². The first-order chi connectivity index (χ1) is 12.0. The third-order valence-electron chi connectivity index (χ3n) is 3.73. The number of sulfonamides is 1. The zero-order valence-electron chi connectivity index (χ0n) is 16.2. The lowest BCUT2D eigenvalue weighted by molar-refractivity contribution is 0.447. The molecule has 152 valence electrons. The van der Waals surface area contributed by atoms with Crippen molar-refractivity contribution in [3.63, 3.8) is 0 Å². The van der Waals surface area contributed by atoms with Gasteiger partial charge in [-0.2, -0.15) is 4.31 Å². The van der Waals surface area contributed by atoms with Crippen LogP contribution in [0.4, 0.5) is 0 Å². The molecule has 26 heavy (non-hydrogen) atoms. The van der Waals surface area contributed by atoms with Gasteiger partial charge < -0.3 is 10.6 Å². The number of rotatable bonds is 11. The monoisotopic (exact) mass is 516 g/mol. The maximum atomic E-state index is 12.5. The van der Waals surface area contributed by atoms with Crippen molar-refractivity contribution in [3.05, 3.63) is 17.0 Å². The van der Waals surface area contributed by atoms with Crippen LogP contribution >= 0.6 is 35.3 Å². The SMILES string of the molecule is CCCCN=C(NCC)NCCc1ccc(S(=O)(=O)N(CC)CC)s1.I. The summed E-state index contributed by atoms with van der Waals surface area (Å²) in [7, 11) is -3.35. The standard InChI is InChI=1S/C17H32N4O2S2.HI/c1-5-9-13-19-17(18-6-2)20-14-12-15-10-11-16(24-15)25(22,23)21(7-3)8-4;/h10-11H,5-9,12-14H2,1-4H3,(H2,18,19,20);1H. The Morgan fingerprint density at radius 2 is 1.85 bits per heavy atom. The number of thiophene rings is 1. The Kier molecular flexibility index (Phi) is 13.5. The van der Waals surface area contributed by atoms with Crippen LogP contribution in [0.3, 0.4) is 0 Å². The number of guanidine groups is 1. The summed E-state index contributed by atoms with van der Waals surface area (Å²) in [5, 5.41) is 6.53. The van der Waals surface area contributed by atoms with Crippen molar-refractivity contribution in [2.75, 3.05) is 32.7 Å². The summed E-state index contributed by atoms with van der Waals surface area (Å²) in [5.41, 5.74) is 0. The van der Waals surface area contributed by atoms with Crippen LogP contribution in [0.5, 0.6) is 0 Å². The van der Waals surface area contributed by atoms with E-state index in [2.05, 4.69) is 22.5 Å². The van der Waals surface area contributed by atoms with E-state index >= 15 is 0 Å². The Balaban J connectivity index is 0.00000625. The maximum absolute atomic E-state index is 12.5. The Morgan fingerprint density at radius 1 is 1.15 bits per heavy atom. The number of hydrogen-bond acceptors (Lipinski definition) is 4. The van der Waals surface area contributed by atoms with Crippen LogP contribution in [-0.2, 0) is 16.4 Å². The topological polar surface area (TPSA) is 73.8 Å². The van der Waals surface area contributed by atoms with Gasteiger partial charge in [0.1, 0.15) is 4.21 Å². The van der Waals surface area contributed by atoms with Gasteiger partial charge in [0, 0.05) is 37.6 Å². The van der Waals surface area contributed by atoms with E-state index in [0.29, 0.717) is 17.3 Å². The molecule has 0 bridgehead atoms. The minimum Gasteiger partial charge on any atom is -0.357 e. The molecule has 0 aromatic carbocycles. The number of unbranched alkanes of at least 4 members (excludes halogenated alkanes) is 1. The smallest absolute Gasteiger partial charge is 0.252 e. The number of aliphatic imine (C=N–C) groups is 1. The van der Waals surface area contributed by atoms with Crippen LogP contribution in [-0.4, -0.2) is 51.4 Å². The lowest BCUT2D eigenvalue weighted by Gasteiger charge is -2.16. The van der Waals surface area contributed by atoms with Crippen molar-refractivity contribution in [2.24, 2.45) is 4.99 Å². The molecule has 0 unspecified atom stereocenters. The quantitative estimate of drug-likeness (QED) is 0.205. The van der Waals surface area contributed by atoms with E-state index < -0.39 is 10.0 Å². The second kappa shape index (κ2) is 13.7. The molecule has 0 radical (unpaired) electrons. The summed E-state index contributed by atoms with van der Waals surface area (Å²) in [4.78, 5) is 5.58. The van der Waals surface area contributed by atoms with Gasteiger partial charge in [-0.1, -0.05) is 27.2 Å². The summed E-state index contributed by atoms with van der Waals surface area (Å²) < 4.78 is 26.9. The maximum Gasteiger partial charge on any atom is 0.252 e. The predicted molar refractivity (Wildman–Crippen MR) is 122 cm³/mol. The zero-order chi connectivity index (χ0) is 18.7. The molecule has 6 nitrogen and oxygen atoms in total. The van der Waals surface area contributed by atoms with Crippen molar-refractivity contribution in [3.8, 4) is 0 Å². The highest BCUT2D eigenvalue weighted by Gasteiger charge is 2.23. The van der Waals surface area contributed by atoms with Crippen LogP contribution < -0.4 is 10.6 Å². The average Bonchev–Trinajstić information content (AvgIpc) is 3.06. The van der Waals surface area contributed by atoms with Crippen molar-refractivity contribution in [2.45, 2.75) is 51.2 Å². The van der Waals surface area contributed by atoms with E-state index in [9.17, 15) is 8.42 Å². The van der Waals surface area contributed by atoms with Crippen molar-refractivity contribution in [1.29, 1.82) is 0 Å². The molecule has 0 saturated carbocycles. The van der Waals surface area contributed by atoms with Gasteiger partial charge in [0.2, 0.25) is 0 Å². The first-order valence-corrected chi connectivity index (χ1v) is 11.4. The molecule has 2 N–H and O–H groups in total. The lowest BCUT2D eigenvalue weighted by Crippen LogP contribution is -2.38. The van der Waals surface area contributed by atoms with Crippen LogP contribution in [0.25, 0.3) is 0 Å². The van der Waals surface area contributed by atoms with E-state index in [1.807, 2.05) is 26.8 Å². The Bertz CT molecular complexity index is 628. The Morgan fingerprint density at radius 3 is 2.42 bits per heavy atom. The van der Waals surface area contributed by atoms with E-state index in [-0.39, 0.29) is 24.0 Å². The van der Waals surface area contributed by atoms with Crippen molar-refractivity contribution in [1.82, 2.24) is 14.9 Å². The van der Waals surface area contributed by atoms with E-state index in [1.54, 1.807) is 6.07 Å². The minimum atomic E-state index is -3.35.